The fourth-order valence-corrected chi connectivity index (χ4v) is 2.67. The highest BCUT2D eigenvalue weighted by atomic mass is 16.5. The molecule has 1 rings (SSSR count). The van der Waals surface area contributed by atoms with Gasteiger partial charge in [-0.25, -0.2) is 0 Å². The number of nitrogens with one attached hydrogen (secondary N) is 1. The quantitative estimate of drug-likeness (QED) is 0.716. The molecule has 1 aromatic rings. The molecule has 0 spiro atoms. The van der Waals surface area contributed by atoms with Crippen LogP contribution >= 0.6 is 0 Å². The molecule has 0 fully saturated rings. The van der Waals surface area contributed by atoms with E-state index in [0.717, 1.165) is 36.4 Å². The summed E-state index contributed by atoms with van der Waals surface area (Å²) in [5, 5.41) is 3.53. The lowest BCUT2D eigenvalue weighted by Crippen LogP contribution is -2.34. The highest BCUT2D eigenvalue weighted by molar-refractivity contribution is 5.47. The Morgan fingerprint density at radius 1 is 1.05 bits per heavy atom. The summed E-state index contributed by atoms with van der Waals surface area (Å²) in [5.41, 5.74) is 1.04. The highest BCUT2D eigenvalue weighted by Gasteiger charge is 2.28. The molecule has 0 aliphatic heterocycles. The van der Waals surface area contributed by atoms with Gasteiger partial charge in [-0.05, 0) is 32.0 Å². The van der Waals surface area contributed by atoms with Gasteiger partial charge in [0.15, 0.2) is 0 Å². The zero-order valence-corrected chi connectivity index (χ0v) is 13.9. The van der Waals surface area contributed by atoms with Crippen LogP contribution in [0.15, 0.2) is 18.2 Å². The Morgan fingerprint density at radius 3 is 2.10 bits per heavy atom. The van der Waals surface area contributed by atoms with E-state index < -0.39 is 0 Å². The number of hydrogen-bond donors (Lipinski definition) is 1. The molecule has 2 atom stereocenters. The van der Waals surface area contributed by atoms with Gasteiger partial charge >= 0.3 is 0 Å². The van der Waals surface area contributed by atoms with Gasteiger partial charge < -0.3 is 19.5 Å². The number of rotatable bonds is 10. The van der Waals surface area contributed by atoms with E-state index in [1.807, 2.05) is 25.1 Å². The second-order valence-corrected chi connectivity index (χ2v) is 4.89. The van der Waals surface area contributed by atoms with Gasteiger partial charge in [0.1, 0.15) is 11.5 Å². The number of ether oxygens (including phenoxy) is 3. The first-order valence-electron chi connectivity index (χ1n) is 7.79. The standard InChI is InChI=1S/C17H29NO3/c1-6-10-15(21-8-3)17(18-7-2)16-13(19-4)11-9-12-14(16)20-5/h9,11-12,15,17-18H,6-8,10H2,1-5H3. The molecule has 0 aliphatic rings. The zero-order chi connectivity index (χ0) is 15.7. The summed E-state index contributed by atoms with van der Waals surface area (Å²) in [6.45, 7) is 7.87. The lowest BCUT2D eigenvalue weighted by molar-refractivity contribution is 0.0268. The molecular weight excluding hydrogens is 266 g/mol. The summed E-state index contributed by atoms with van der Waals surface area (Å²) < 4.78 is 17.1. The summed E-state index contributed by atoms with van der Waals surface area (Å²) in [7, 11) is 3.38. The molecule has 0 bridgehead atoms. The van der Waals surface area contributed by atoms with E-state index in [2.05, 4.69) is 19.2 Å². The van der Waals surface area contributed by atoms with Crippen molar-refractivity contribution in [3.05, 3.63) is 23.8 Å². The third-order valence-corrected chi connectivity index (χ3v) is 3.53. The van der Waals surface area contributed by atoms with Gasteiger partial charge in [-0.1, -0.05) is 26.3 Å². The van der Waals surface area contributed by atoms with E-state index in [0.29, 0.717) is 6.61 Å². The first-order valence-corrected chi connectivity index (χ1v) is 7.79. The van der Waals surface area contributed by atoms with Gasteiger partial charge in [-0.3, -0.25) is 0 Å². The minimum Gasteiger partial charge on any atom is -0.496 e. The van der Waals surface area contributed by atoms with Gasteiger partial charge in [0.2, 0.25) is 0 Å². The predicted molar refractivity (Wildman–Crippen MR) is 86.3 cm³/mol. The molecule has 0 radical (unpaired) electrons. The maximum atomic E-state index is 5.98. The first kappa shape index (κ1) is 17.8. The summed E-state index contributed by atoms with van der Waals surface area (Å²) in [4.78, 5) is 0. The Morgan fingerprint density at radius 2 is 1.67 bits per heavy atom. The maximum Gasteiger partial charge on any atom is 0.127 e. The van der Waals surface area contributed by atoms with E-state index in [1.54, 1.807) is 14.2 Å². The largest absolute Gasteiger partial charge is 0.496 e. The van der Waals surface area contributed by atoms with Crippen molar-refractivity contribution in [1.82, 2.24) is 5.32 Å². The van der Waals surface area contributed by atoms with Crippen LogP contribution in [-0.4, -0.2) is 33.5 Å². The minimum absolute atomic E-state index is 0.0565. The summed E-state index contributed by atoms with van der Waals surface area (Å²) in [6.07, 6.45) is 2.17. The van der Waals surface area contributed by atoms with Crippen LogP contribution < -0.4 is 14.8 Å². The second-order valence-electron chi connectivity index (χ2n) is 4.89. The normalized spacial score (nSPS) is 13.8. The van der Waals surface area contributed by atoms with Crippen molar-refractivity contribution in [3.8, 4) is 11.5 Å². The van der Waals surface area contributed by atoms with Gasteiger partial charge in [0.05, 0.1) is 31.9 Å². The van der Waals surface area contributed by atoms with Crippen LogP contribution in [0.2, 0.25) is 0 Å². The van der Waals surface area contributed by atoms with E-state index in [4.69, 9.17) is 14.2 Å². The molecule has 1 aromatic carbocycles. The van der Waals surface area contributed by atoms with Gasteiger partial charge in [-0.15, -0.1) is 0 Å². The Kier molecular flexibility index (Phi) is 8.16. The van der Waals surface area contributed by atoms with E-state index in [-0.39, 0.29) is 12.1 Å². The molecule has 0 aliphatic carbocycles. The Hall–Kier alpha value is -1.26. The zero-order valence-electron chi connectivity index (χ0n) is 13.9. The van der Waals surface area contributed by atoms with Crippen LogP contribution in [0.4, 0.5) is 0 Å². The van der Waals surface area contributed by atoms with E-state index >= 15 is 0 Å². The number of benzene rings is 1. The molecule has 0 heterocycles. The van der Waals surface area contributed by atoms with Crippen molar-refractivity contribution in [3.63, 3.8) is 0 Å². The molecule has 4 nitrogen and oxygen atoms in total. The van der Waals surface area contributed by atoms with Crippen molar-refractivity contribution in [2.45, 2.75) is 45.8 Å². The maximum absolute atomic E-state index is 5.98. The second kappa shape index (κ2) is 9.64. The van der Waals surface area contributed by atoms with Crippen LogP contribution in [0.3, 0.4) is 0 Å². The van der Waals surface area contributed by atoms with Crippen LogP contribution in [0.1, 0.15) is 45.2 Å². The van der Waals surface area contributed by atoms with Crippen molar-refractivity contribution >= 4 is 0 Å². The minimum atomic E-state index is 0.0565. The average molecular weight is 295 g/mol. The van der Waals surface area contributed by atoms with Crippen LogP contribution in [0.25, 0.3) is 0 Å². The van der Waals surface area contributed by atoms with Gasteiger partial charge in [0.25, 0.3) is 0 Å². The molecule has 120 valence electrons. The summed E-state index contributed by atoms with van der Waals surface area (Å²) >= 11 is 0. The molecule has 4 heteroatoms. The van der Waals surface area contributed by atoms with Crippen molar-refractivity contribution in [2.75, 3.05) is 27.4 Å². The molecule has 2 unspecified atom stereocenters. The Balaban J connectivity index is 3.24. The van der Waals surface area contributed by atoms with Crippen LogP contribution in [-0.2, 0) is 4.74 Å². The van der Waals surface area contributed by atoms with Crippen LogP contribution in [0, 0.1) is 0 Å². The Bertz CT molecular complexity index is 381. The molecule has 0 saturated heterocycles. The fourth-order valence-electron chi connectivity index (χ4n) is 2.67. The SMILES string of the molecule is CCCC(OCC)C(NCC)c1c(OC)cccc1OC. The molecule has 1 N–H and O–H groups in total. The molecule has 0 aromatic heterocycles. The van der Waals surface area contributed by atoms with Crippen LogP contribution in [0.5, 0.6) is 11.5 Å². The monoisotopic (exact) mass is 295 g/mol. The van der Waals surface area contributed by atoms with Crippen molar-refractivity contribution < 1.29 is 14.2 Å². The average Bonchev–Trinajstić information content (AvgIpc) is 2.51. The third-order valence-electron chi connectivity index (χ3n) is 3.53. The van der Waals surface area contributed by atoms with Gasteiger partial charge in [-0.2, -0.15) is 0 Å². The van der Waals surface area contributed by atoms with E-state index in [9.17, 15) is 0 Å². The summed E-state index contributed by atoms with van der Waals surface area (Å²) in [6, 6.07) is 5.94. The highest BCUT2D eigenvalue weighted by Crippen LogP contribution is 2.37. The lowest BCUT2D eigenvalue weighted by atomic mass is 9.96. The first-order chi connectivity index (χ1) is 10.2. The number of methoxy groups -OCH3 is 2. The summed E-state index contributed by atoms with van der Waals surface area (Å²) in [5.74, 6) is 1.67. The van der Waals surface area contributed by atoms with E-state index in [1.165, 1.54) is 0 Å². The van der Waals surface area contributed by atoms with Crippen molar-refractivity contribution in [1.29, 1.82) is 0 Å². The van der Waals surface area contributed by atoms with Crippen molar-refractivity contribution in [2.24, 2.45) is 0 Å². The molecule has 0 amide bonds. The molecule has 21 heavy (non-hydrogen) atoms. The Labute approximate surface area is 128 Å². The fraction of sp³-hybridized carbons (Fsp3) is 0.647. The molecule has 0 saturated carbocycles. The predicted octanol–water partition coefficient (Wildman–Crippen LogP) is 3.56. The number of likely N-dealkylation sites (N-methyl/N-ethyl adjacent to an activating group) is 1. The third kappa shape index (κ3) is 4.61. The topological polar surface area (TPSA) is 39.7 Å². The smallest absolute Gasteiger partial charge is 0.127 e. The van der Waals surface area contributed by atoms with Gasteiger partial charge in [0, 0.05) is 6.61 Å². The molecular formula is C17H29NO3. The lowest BCUT2D eigenvalue weighted by Gasteiger charge is -2.30. The number of hydrogen-bond acceptors (Lipinski definition) is 4.